The first kappa shape index (κ1) is 12.8. The van der Waals surface area contributed by atoms with Gasteiger partial charge in [-0.05, 0) is 24.0 Å². The molecule has 2 amide bonds. The molecule has 1 heterocycles. The summed E-state index contributed by atoms with van der Waals surface area (Å²) in [6.07, 6.45) is 0. The molecule has 1 N–H and O–H groups in total. The number of carbonyl (C=O) groups excluding carboxylic acids is 2. The van der Waals surface area contributed by atoms with Gasteiger partial charge in [-0.25, -0.2) is 9.69 Å². The number of benzene rings is 1. The third-order valence-corrected chi connectivity index (χ3v) is 4.49. The standard InChI is InChI=1S/C15H15NO4/c1-7-5-4-6-8(14(19)20)11(7)16-12(17)9-10(13(16)18)15(9,2)3/h4-6,9-10H,1-3H3,(H,19,20). The molecule has 1 saturated carbocycles. The molecule has 2 atom stereocenters. The van der Waals surface area contributed by atoms with Crippen LogP contribution in [-0.4, -0.2) is 22.9 Å². The topological polar surface area (TPSA) is 74.7 Å². The molecule has 0 radical (unpaired) electrons. The fourth-order valence-corrected chi connectivity index (χ4v) is 3.30. The predicted octanol–water partition coefficient (Wildman–Crippen LogP) is 1.84. The molecule has 1 aliphatic heterocycles. The number of imide groups is 1. The van der Waals surface area contributed by atoms with Crippen molar-refractivity contribution in [1.29, 1.82) is 0 Å². The summed E-state index contributed by atoms with van der Waals surface area (Å²) >= 11 is 0. The summed E-state index contributed by atoms with van der Waals surface area (Å²) in [5.74, 6) is -2.31. The lowest BCUT2D eigenvalue weighted by Crippen LogP contribution is -2.37. The Morgan fingerprint density at radius 1 is 1.20 bits per heavy atom. The Morgan fingerprint density at radius 2 is 1.75 bits per heavy atom. The fraction of sp³-hybridized carbons (Fsp3) is 0.400. The van der Waals surface area contributed by atoms with E-state index in [1.165, 1.54) is 6.07 Å². The first-order valence-electron chi connectivity index (χ1n) is 6.49. The van der Waals surface area contributed by atoms with Crippen LogP contribution in [0.25, 0.3) is 0 Å². The van der Waals surface area contributed by atoms with E-state index in [4.69, 9.17) is 0 Å². The Balaban J connectivity index is 2.11. The van der Waals surface area contributed by atoms with E-state index in [9.17, 15) is 19.5 Å². The molecule has 5 nitrogen and oxygen atoms in total. The minimum absolute atomic E-state index is 0.00851. The number of para-hydroxylation sites is 1. The highest BCUT2D eigenvalue weighted by atomic mass is 16.4. The number of carbonyl (C=O) groups is 3. The van der Waals surface area contributed by atoms with Gasteiger partial charge in [-0.3, -0.25) is 9.59 Å². The van der Waals surface area contributed by atoms with Crippen molar-refractivity contribution < 1.29 is 19.5 Å². The maximum Gasteiger partial charge on any atom is 0.337 e. The van der Waals surface area contributed by atoms with Crippen LogP contribution in [0.4, 0.5) is 5.69 Å². The number of hydrogen-bond donors (Lipinski definition) is 1. The lowest BCUT2D eigenvalue weighted by atomic mass is 10.0. The number of piperidine rings is 1. The average Bonchev–Trinajstić information content (AvgIpc) is 2.81. The highest BCUT2D eigenvalue weighted by molar-refractivity contribution is 6.27. The summed E-state index contributed by atoms with van der Waals surface area (Å²) in [4.78, 5) is 37.2. The van der Waals surface area contributed by atoms with Crippen molar-refractivity contribution in [3.8, 4) is 0 Å². The number of hydrogen-bond acceptors (Lipinski definition) is 3. The molecular formula is C15H15NO4. The summed E-state index contributed by atoms with van der Waals surface area (Å²) in [5.41, 5.74) is 0.533. The summed E-state index contributed by atoms with van der Waals surface area (Å²) < 4.78 is 0. The van der Waals surface area contributed by atoms with Crippen LogP contribution in [0.1, 0.15) is 29.8 Å². The Labute approximate surface area is 116 Å². The molecule has 2 aliphatic rings. The van der Waals surface area contributed by atoms with Crippen molar-refractivity contribution in [2.75, 3.05) is 4.90 Å². The molecule has 0 bridgehead atoms. The highest BCUT2D eigenvalue weighted by Crippen LogP contribution is 2.64. The van der Waals surface area contributed by atoms with Gasteiger partial charge >= 0.3 is 5.97 Å². The van der Waals surface area contributed by atoms with E-state index < -0.39 is 5.97 Å². The number of fused-ring (bicyclic) bond motifs is 1. The molecule has 0 aromatic heterocycles. The Kier molecular flexibility index (Phi) is 2.37. The number of anilines is 1. The van der Waals surface area contributed by atoms with E-state index >= 15 is 0 Å². The van der Waals surface area contributed by atoms with Gasteiger partial charge in [-0.2, -0.15) is 0 Å². The lowest BCUT2D eigenvalue weighted by molar-refractivity contribution is -0.125. The first-order valence-corrected chi connectivity index (χ1v) is 6.49. The monoisotopic (exact) mass is 273 g/mol. The van der Waals surface area contributed by atoms with Crippen LogP contribution in [0.2, 0.25) is 0 Å². The number of amides is 2. The molecule has 5 heteroatoms. The summed E-state index contributed by atoms with van der Waals surface area (Å²) in [7, 11) is 0. The van der Waals surface area contributed by atoms with Gasteiger partial charge in [0.25, 0.3) is 0 Å². The van der Waals surface area contributed by atoms with Gasteiger partial charge in [0.15, 0.2) is 0 Å². The minimum atomic E-state index is -1.14. The quantitative estimate of drug-likeness (QED) is 0.834. The van der Waals surface area contributed by atoms with Crippen LogP contribution in [-0.2, 0) is 9.59 Å². The number of nitrogens with zero attached hydrogens (tertiary/aromatic N) is 1. The van der Waals surface area contributed by atoms with Gasteiger partial charge in [0.05, 0.1) is 23.1 Å². The molecule has 3 rings (SSSR count). The maximum absolute atomic E-state index is 12.4. The Bertz CT molecular complexity index is 638. The van der Waals surface area contributed by atoms with Crippen molar-refractivity contribution in [2.24, 2.45) is 17.3 Å². The van der Waals surface area contributed by atoms with Crippen molar-refractivity contribution in [1.82, 2.24) is 0 Å². The predicted molar refractivity (Wildman–Crippen MR) is 71.4 cm³/mol. The number of aryl methyl sites for hydroxylation is 1. The lowest BCUT2D eigenvalue weighted by Gasteiger charge is -2.23. The van der Waals surface area contributed by atoms with Crippen LogP contribution < -0.4 is 4.90 Å². The van der Waals surface area contributed by atoms with Crippen molar-refractivity contribution >= 4 is 23.5 Å². The zero-order chi connectivity index (χ0) is 14.8. The number of rotatable bonds is 2. The Hall–Kier alpha value is -2.17. The minimum Gasteiger partial charge on any atom is -0.478 e. The normalized spacial score (nSPS) is 26.6. The second-order valence-electron chi connectivity index (χ2n) is 6.06. The van der Waals surface area contributed by atoms with Crippen molar-refractivity contribution in [3.63, 3.8) is 0 Å². The number of carboxylic acids is 1. The second kappa shape index (κ2) is 3.69. The largest absolute Gasteiger partial charge is 0.478 e. The molecule has 1 aromatic carbocycles. The number of carboxylic acid groups (broad SMARTS) is 1. The van der Waals surface area contributed by atoms with E-state index in [0.29, 0.717) is 5.56 Å². The highest BCUT2D eigenvalue weighted by Gasteiger charge is 2.72. The maximum atomic E-state index is 12.4. The first-order chi connectivity index (χ1) is 9.28. The molecule has 1 aliphatic carbocycles. The van der Waals surface area contributed by atoms with Gasteiger partial charge in [-0.15, -0.1) is 0 Å². The van der Waals surface area contributed by atoms with Crippen LogP contribution in [0.15, 0.2) is 18.2 Å². The molecular weight excluding hydrogens is 258 g/mol. The summed E-state index contributed by atoms with van der Waals surface area (Å²) in [6, 6.07) is 4.73. The smallest absolute Gasteiger partial charge is 0.337 e. The third kappa shape index (κ3) is 1.40. The fourth-order valence-electron chi connectivity index (χ4n) is 3.30. The van der Waals surface area contributed by atoms with Crippen molar-refractivity contribution in [2.45, 2.75) is 20.8 Å². The van der Waals surface area contributed by atoms with E-state index in [1.54, 1.807) is 19.1 Å². The van der Waals surface area contributed by atoms with Gasteiger partial charge in [0.2, 0.25) is 11.8 Å². The molecule has 2 unspecified atom stereocenters. The number of aromatic carboxylic acids is 1. The van der Waals surface area contributed by atoms with E-state index in [2.05, 4.69) is 0 Å². The molecule has 1 aromatic rings. The zero-order valence-corrected chi connectivity index (χ0v) is 11.5. The van der Waals surface area contributed by atoms with Crippen LogP contribution in [0, 0.1) is 24.2 Å². The third-order valence-electron chi connectivity index (χ3n) is 4.49. The van der Waals surface area contributed by atoms with Crippen molar-refractivity contribution in [3.05, 3.63) is 29.3 Å². The SMILES string of the molecule is Cc1cccc(C(=O)O)c1N1C(=O)C2C(C1=O)C2(C)C. The molecule has 1 saturated heterocycles. The molecule has 0 spiro atoms. The molecule has 20 heavy (non-hydrogen) atoms. The van der Waals surface area contributed by atoms with Gasteiger partial charge in [0.1, 0.15) is 0 Å². The van der Waals surface area contributed by atoms with Crippen LogP contribution in [0.5, 0.6) is 0 Å². The summed E-state index contributed by atoms with van der Waals surface area (Å²) in [5, 5.41) is 9.25. The van der Waals surface area contributed by atoms with E-state index in [-0.39, 0.29) is 40.3 Å². The zero-order valence-electron chi connectivity index (χ0n) is 11.5. The van der Waals surface area contributed by atoms with Crippen LogP contribution >= 0.6 is 0 Å². The van der Waals surface area contributed by atoms with Gasteiger partial charge < -0.3 is 5.11 Å². The average molecular weight is 273 g/mol. The second-order valence-corrected chi connectivity index (χ2v) is 6.06. The van der Waals surface area contributed by atoms with Gasteiger partial charge in [0, 0.05) is 0 Å². The van der Waals surface area contributed by atoms with Gasteiger partial charge in [-0.1, -0.05) is 26.0 Å². The van der Waals surface area contributed by atoms with E-state index in [1.807, 2.05) is 13.8 Å². The van der Waals surface area contributed by atoms with E-state index in [0.717, 1.165) is 4.90 Å². The molecule has 2 fully saturated rings. The summed E-state index contributed by atoms with van der Waals surface area (Å²) in [6.45, 7) is 5.49. The Morgan fingerprint density at radius 3 is 2.25 bits per heavy atom. The molecule has 104 valence electrons. The van der Waals surface area contributed by atoms with Crippen LogP contribution in [0.3, 0.4) is 0 Å².